The molecule has 0 spiro atoms. The Labute approximate surface area is 190 Å². The van der Waals surface area contributed by atoms with E-state index in [9.17, 15) is 21.9 Å². The second kappa shape index (κ2) is 8.67. The summed E-state index contributed by atoms with van der Waals surface area (Å²) >= 11 is 0. The lowest BCUT2D eigenvalue weighted by Crippen LogP contribution is -2.28. The summed E-state index contributed by atoms with van der Waals surface area (Å²) in [6.07, 6.45) is -0.270. The molecular formula is C24H20FNO6S. The molecule has 1 aliphatic rings. The molecule has 7 nitrogen and oxygen atoms in total. The van der Waals surface area contributed by atoms with E-state index in [0.29, 0.717) is 6.29 Å². The first kappa shape index (κ1) is 22.5. The molecule has 0 aliphatic heterocycles. The van der Waals surface area contributed by atoms with Crippen LogP contribution in [0.4, 0.5) is 14.4 Å². The van der Waals surface area contributed by atoms with Crippen LogP contribution in [0, 0.1) is 6.92 Å². The number of rotatable bonds is 6. The third-order valence-corrected chi connectivity index (χ3v) is 6.08. The van der Waals surface area contributed by atoms with Crippen molar-refractivity contribution in [2.24, 2.45) is 0 Å². The van der Waals surface area contributed by atoms with Crippen molar-refractivity contribution in [2.45, 2.75) is 12.8 Å². The molecule has 0 saturated heterocycles. The van der Waals surface area contributed by atoms with Crippen LogP contribution in [0.1, 0.15) is 33.0 Å². The summed E-state index contributed by atoms with van der Waals surface area (Å²) in [6, 6.07) is 18.3. The molecular weight excluding hydrogens is 449 g/mol. The molecule has 0 fully saturated rings. The van der Waals surface area contributed by atoms with Gasteiger partial charge in [-0.05, 0) is 35.2 Å². The van der Waals surface area contributed by atoms with E-state index >= 15 is 0 Å². The number of halogens is 1. The summed E-state index contributed by atoms with van der Waals surface area (Å²) in [7, 11) is -3.92. The van der Waals surface area contributed by atoms with Crippen molar-refractivity contribution < 1.29 is 30.8 Å². The molecule has 0 radical (unpaired) electrons. The van der Waals surface area contributed by atoms with Crippen molar-refractivity contribution >= 4 is 28.6 Å². The minimum Gasteiger partial charge on any atom is -0.448 e. The number of carbonyl (C=O) groups excluding carboxylic acids is 2. The average Bonchev–Trinajstić information content (AvgIpc) is 3.11. The van der Waals surface area contributed by atoms with E-state index in [0.717, 1.165) is 33.2 Å². The minimum atomic E-state index is -5.32. The number of amides is 1. The van der Waals surface area contributed by atoms with Gasteiger partial charge in [-0.15, -0.1) is 0 Å². The van der Waals surface area contributed by atoms with Crippen LogP contribution in [0.3, 0.4) is 0 Å². The van der Waals surface area contributed by atoms with Gasteiger partial charge in [-0.25, -0.2) is 4.79 Å². The van der Waals surface area contributed by atoms with Crippen LogP contribution in [0.15, 0.2) is 60.7 Å². The van der Waals surface area contributed by atoms with Gasteiger partial charge in [0, 0.05) is 30.2 Å². The molecule has 1 amide bonds. The van der Waals surface area contributed by atoms with Crippen molar-refractivity contribution in [3.05, 3.63) is 82.9 Å². The molecule has 1 aliphatic carbocycles. The summed E-state index contributed by atoms with van der Waals surface area (Å²) in [6.45, 7) is 1.48. The number of hydrogen-bond acceptors (Lipinski definition) is 6. The van der Waals surface area contributed by atoms with Gasteiger partial charge < -0.3 is 8.92 Å². The van der Waals surface area contributed by atoms with E-state index in [1.165, 1.54) is 20.0 Å². The van der Waals surface area contributed by atoms with Crippen LogP contribution < -0.4 is 9.08 Å². The van der Waals surface area contributed by atoms with Crippen molar-refractivity contribution in [3.8, 4) is 16.9 Å². The SMILES string of the molecule is Cc1c(C=O)cc(N(C)C(=O)OCC2c3ccccc3-c3ccccc32)cc1OS(=O)(=O)F. The molecule has 0 saturated carbocycles. The van der Waals surface area contributed by atoms with Crippen LogP contribution in [0.2, 0.25) is 0 Å². The van der Waals surface area contributed by atoms with Gasteiger partial charge in [0.1, 0.15) is 6.61 Å². The summed E-state index contributed by atoms with van der Waals surface area (Å²) in [5.41, 5.74) is 4.56. The van der Waals surface area contributed by atoms with Gasteiger partial charge in [0.25, 0.3) is 0 Å². The Morgan fingerprint density at radius 3 is 2.18 bits per heavy atom. The molecule has 33 heavy (non-hydrogen) atoms. The number of aldehydes is 1. The van der Waals surface area contributed by atoms with E-state index in [2.05, 4.69) is 4.18 Å². The van der Waals surface area contributed by atoms with E-state index in [1.54, 1.807) is 0 Å². The Hall–Kier alpha value is -3.72. The van der Waals surface area contributed by atoms with Crippen LogP contribution in [0.5, 0.6) is 5.75 Å². The Balaban J connectivity index is 1.57. The standard InChI is InChI=1S/C24H20FNO6S/c1-15-16(13-27)11-17(12-23(15)32-33(25,29)30)26(2)24(28)31-14-22-20-9-5-3-7-18(20)19-8-4-6-10-21(19)22/h3-13,22H,14H2,1-2H3. The van der Waals surface area contributed by atoms with Crippen LogP contribution in [0.25, 0.3) is 11.1 Å². The molecule has 0 N–H and O–H groups in total. The second-order valence-electron chi connectivity index (χ2n) is 7.62. The topological polar surface area (TPSA) is 90.0 Å². The first-order valence-electron chi connectivity index (χ1n) is 10.0. The molecule has 0 atom stereocenters. The monoisotopic (exact) mass is 469 g/mol. The number of anilines is 1. The zero-order valence-corrected chi connectivity index (χ0v) is 18.6. The number of ether oxygens (including phenoxy) is 1. The maximum Gasteiger partial charge on any atom is 0.488 e. The maximum absolute atomic E-state index is 13.1. The first-order valence-corrected chi connectivity index (χ1v) is 11.3. The van der Waals surface area contributed by atoms with Gasteiger partial charge >= 0.3 is 16.6 Å². The summed E-state index contributed by atoms with van der Waals surface area (Å²) in [5, 5.41) is 0. The molecule has 3 aromatic rings. The number of nitrogens with zero attached hydrogens (tertiary/aromatic N) is 1. The van der Waals surface area contributed by atoms with Crippen molar-refractivity contribution in [1.82, 2.24) is 0 Å². The van der Waals surface area contributed by atoms with Gasteiger partial charge in [-0.1, -0.05) is 52.4 Å². The number of hydrogen-bond donors (Lipinski definition) is 0. The van der Waals surface area contributed by atoms with Crippen molar-refractivity contribution in [1.29, 1.82) is 0 Å². The molecule has 0 bridgehead atoms. The van der Waals surface area contributed by atoms with Gasteiger partial charge in [0.05, 0.1) is 5.69 Å². The van der Waals surface area contributed by atoms with Gasteiger partial charge in [0.2, 0.25) is 0 Å². The Kier molecular flexibility index (Phi) is 5.90. The highest BCUT2D eigenvalue weighted by Gasteiger charge is 2.29. The summed E-state index contributed by atoms with van der Waals surface area (Å²) in [5.74, 6) is -0.538. The molecule has 0 aromatic heterocycles. The fourth-order valence-electron chi connectivity index (χ4n) is 4.00. The highest BCUT2D eigenvalue weighted by atomic mass is 32.3. The molecule has 9 heteroatoms. The smallest absolute Gasteiger partial charge is 0.448 e. The van der Waals surface area contributed by atoms with Gasteiger partial charge in [-0.3, -0.25) is 9.69 Å². The quantitative estimate of drug-likeness (QED) is 0.381. The van der Waals surface area contributed by atoms with Crippen LogP contribution in [-0.4, -0.2) is 34.5 Å². The lowest BCUT2D eigenvalue weighted by molar-refractivity contribution is 0.112. The van der Waals surface area contributed by atoms with Gasteiger partial charge in [-0.2, -0.15) is 8.42 Å². The van der Waals surface area contributed by atoms with Crippen molar-refractivity contribution in [2.75, 3.05) is 18.6 Å². The summed E-state index contributed by atoms with van der Waals surface area (Å²) in [4.78, 5) is 25.3. The molecule has 3 aromatic carbocycles. The number of fused-ring (bicyclic) bond motifs is 3. The molecule has 0 heterocycles. The Morgan fingerprint density at radius 2 is 1.64 bits per heavy atom. The number of benzene rings is 3. The predicted octanol–water partition coefficient (Wildman–Crippen LogP) is 4.79. The highest BCUT2D eigenvalue weighted by molar-refractivity contribution is 7.81. The predicted molar refractivity (Wildman–Crippen MR) is 121 cm³/mol. The largest absolute Gasteiger partial charge is 0.488 e. The normalized spacial score (nSPS) is 12.6. The van der Waals surface area contributed by atoms with E-state index in [1.807, 2.05) is 48.5 Å². The Bertz CT molecular complexity index is 1310. The summed E-state index contributed by atoms with van der Waals surface area (Å²) < 4.78 is 44.8. The van der Waals surface area contributed by atoms with E-state index < -0.39 is 22.3 Å². The van der Waals surface area contributed by atoms with E-state index in [-0.39, 0.29) is 29.3 Å². The van der Waals surface area contributed by atoms with E-state index in [4.69, 9.17) is 4.74 Å². The van der Waals surface area contributed by atoms with Crippen LogP contribution >= 0.6 is 0 Å². The maximum atomic E-state index is 13.1. The third kappa shape index (κ3) is 4.45. The lowest BCUT2D eigenvalue weighted by Gasteiger charge is -2.21. The Morgan fingerprint density at radius 1 is 1.06 bits per heavy atom. The average molecular weight is 469 g/mol. The fraction of sp³-hybridized carbons (Fsp3) is 0.167. The minimum absolute atomic E-state index is 0.0458. The zero-order chi connectivity index (χ0) is 23.8. The van der Waals surface area contributed by atoms with Gasteiger partial charge in [0.15, 0.2) is 12.0 Å². The fourth-order valence-corrected chi connectivity index (χ4v) is 4.39. The second-order valence-corrected chi connectivity index (χ2v) is 8.57. The van der Waals surface area contributed by atoms with Crippen LogP contribution in [-0.2, 0) is 15.2 Å². The zero-order valence-electron chi connectivity index (χ0n) is 17.8. The number of carbonyl (C=O) groups is 2. The molecule has 0 unspecified atom stereocenters. The first-order chi connectivity index (χ1) is 15.7. The lowest BCUT2D eigenvalue weighted by atomic mass is 9.98. The highest BCUT2D eigenvalue weighted by Crippen LogP contribution is 2.44. The van der Waals surface area contributed by atoms with Crippen molar-refractivity contribution in [3.63, 3.8) is 0 Å². The molecule has 170 valence electrons. The third-order valence-electron chi connectivity index (χ3n) is 5.70. The molecule has 4 rings (SSSR count).